The third-order valence-corrected chi connectivity index (χ3v) is 2.44. The van der Waals surface area contributed by atoms with E-state index in [9.17, 15) is 9.59 Å². The van der Waals surface area contributed by atoms with E-state index in [0.29, 0.717) is 6.42 Å². The normalized spacial score (nSPS) is 11.9. The van der Waals surface area contributed by atoms with Crippen molar-refractivity contribution < 1.29 is 14.3 Å². The quantitative estimate of drug-likeness (QED) is 0.779. The third-order valence-electron chi connectivity index (χ3n) is 2.44. The highest BCUT2D eigenvalue weighted by molar-refractivity contribution is 5.81. The Morgan fingerprint density at radius 2 is 1.71 bits per heavy atom. The summed E-state index contributed by atoms with van der Waals surface area (Å²) in [5, 5.41) is 0. The molecule has 0 aliphatic carbocycles. The Labute approximate surface area is 101 Å². The monoisotopic (exact) mass is 235 g/mol. The number of benzene rings is 1. The highest BCUT2D eigenvalue weighted by atomic mass is 16.5. The SMILES string of the molecule is CC(=O)OCc1ccc(CC(N)C(C)=O)cc1. The molecule has 0 radical (unpaired) electrons. The standard InChI is InChI=1S/C13H17NO3/c1-9(15)13(14)7-11-3-5-12(6-4-11)8-17-10(2)16/h3-6,13H,7-8,14H2,1-2H3. The number of hydrogen-bond acceptors (Lipinski definition) is 4. The smallest absolute Gasteiger partial charge is 0.302 e. The van der Waals surface area contributed by atoms with Crippen LogP contribution in [0.25, 0.3) is 0 Å². The number of esters is 1. The summed E-state index contributed by atoms with van der Waals surface area (Å²) in [6, 6.07) is 7.06. The maximum absolute atomic E-state index is 11.0. The lowest BCUT2D eigenvalue weighted by atomic mass is 10.0. The zero-order chi connectivity index (χ0) is 12.8. The molecular weight excluding hydrogens is 218 g/mol. The van der Waals surface area contributed by atoms with Gasteiger partial charge in [-0.15, -0.1) is 0 Å². The fourth-order valence-electron chi connectivity index (χ4n) is 1.35. The molecule has 0 fully saturated rings. The molecule has 2 N–H and O–H groups in total. The molecule has 4 nitrogen and oxygen atoms in total. The van der Waals surface area contributed by atoms with Gasteiger partial charge in [-0.25, -0.2) is 0 Å². The molecule has 0 amide bonds. The predicted octanol–water partition coefficient (Wildman–Crippen LogP) is 1.21. The van der Waals surface area contributed by atoms with E-state index in [2.05, 4.69) is 0 Å². The highest BCUT2D eigenvalue weighted by Crippen LogP contribution is 2.08. The lowest BCUT2D eigenvalue weighted by Gasteiger charge is -2.08. The van der Waals surface area contributed by atoms with Crippen LogP contribution >= 0.6 is 0 Å². The summed E-state index contributed by atoms with van der Waals surface area (Å²) in [4.78, 5) is 21.6. The largest absolute Gasteiger partial charge is 0.461 e. The minimum absolute atomic E-state index is 0.0195. The van der Waals surface area contributed by atoms with Gasteiger partial charge in [0.15, 0.2) is 0 Å². The van der Waals surface area contributed by atoms with Crippen LogP contribution in [0.1, 0.15) is 25.0 Å². The van der Waals surface area contributed by atoms with Gasteiger partial charge in [-0.2, -0.15) is 0 Å². The number of carbonyl (C=O) groups excluding carboxylic acids is 2. The number of nitrogens with two attached hydrogens (primary N) is 1. The molecular formula is C13H17NO3. The molecule has 1 atom stereocenters. The summed E-state index contributed by atoms with van der Waals surface area (Å²) in [6.07, 6.45) is 0.531. The van der Waals surface area contributed by atoms with Crippen molar-refractivity contribution in [3.8, 4) is 0 Å². The summed E-state index contributed by atoms with van der Waals surface area (Å²) in [7, 11) is 0. The summed E-state index contributed by atoms with van der Waals surface area (Å²) in [6.45, 7) is 3.13. The predicted molar refractivity (Wildman–Crippen MR) is 64.3 cm³/mol. The van der Waals surface area contributed by atoms with Gasteiger partial charge in [-0.05, 0) is 24.5 Å². The fraction of sp³-hybridized carbons (Fsp3) is 0.385. The molecule has 0 spiro atoms. The second-order valence-corrected chi connectivity index (χ2v) is 4.02. The van der Waals surface area contributed by atoms with E-state index in [4.69, 9.17) is 10.5 Å². The van der Waals surface area contributed by atoms with Crippen LogP contribution in [-0.2, 0) is 27.4 Å². The van der Waals surface area contributed by atoms with Gasteiger partial charge in [-0.3, -0.25) is 9.59 Å². The molecule has 1 aromatic rings. The molecule has 0 saturated carbocycles. The Bertz CT molecular complexity index is 398. The van der Waals surface area contributed by atoms with Gasteiger partial charge in [0.1, 0.15) is 12.4 Å². The molecule has 0 aliphatic rings. The molecule has 1 aromatic carbocycles. The van der Waals surface area contributed by atoms with Crippen LogP contribution in [0.5, 0.6) is 0 Å². The van der Waals surface area contributed by atoms with Crippen LogP contribution in [0.3, 0.4) is 0 Å². The van der Waals surface area contributed by atoms with Crippen LogP contribution in [-0.4, -0.2) is 17.8 Å². The first kappa shape index (κ1) is 13.4. The van der Waals surface area contributed by atoms with E-state index >= 15 is 0 Å². The Morgan fingerprint density at radius 1 is 1.18 bits per heavy atom. The van der Waals surface area contributed by atoms with Gasteiger partial charge in [0.25, 0.3) is 0 Å². The fourth-order valence-corrected chi connectivity index (χ4v) is 1.35. The number of ketones is 1. The second-order valence-electron chi connectivity index (χ2n) is 4.02. The van der Waals surface area contributed by atoms with E-state index in [0.717, 1.165) is 11.1 Å². The van der Waals surface area contributed by atoms with Gasteiger partial charge in [0.2, 0.25) is 0 Å². The van der Waals surface area contributed by atoms with Crippen molar-refractivity contribution in [3.05, 3.63) is 35.4 Å². The molecule has 0 aliphatic heterocycles. The maximum Gasteiger partial charge on any atom is 0.302 e. The van der Waals surface area contributed by atoms with Gasteiger partial charge < -0.3 is 10.5 Å². The third kappa shape index (κ3) is 4.78. The number of ether oxygens (including phenoxy) is 1. The van der Waals surface area contributed by atoms with E-state index in [-0.39, 0.29) is 18.4 Å². The van der Waals surface area contributed by atoms with Gasteiger partial charge in [0, 0.05) is 6.92 Å². The van der Waals surface area contributed by atoms with E-state index < -0.39 is 6.04 Å². The number of rotatable bonds is 5. The first-order chi connectivity index (χ1) is 7.99. The van der Waals surface area contributed by atoms with Crippen LogP contribution < -0.4 is 5.73 Å². The highest BCUT2D eigenvalue weighted by Gasteiger charge is 2.08. The first-order valence-electron chi connectivity index (χ1n) is 5.46. The zero-order valence-electron chi connectivity index (χ0n) is 10.1. The molecule has 1 rings (SSSR count). The van der Waals surface area contributed by atoms with Crippen molar-refractivity contribution in [1.82, 2.24) is 0 Å². The Balaban J connectivity index is 2.55. The van der Waals surface area contributed by atoms with E-state index in [1.165, 1.54) is 13.8 Å². The average Bonchev–Trinajstić information content (AvgIpc) is 2.28. The van der Waals surface area contributed by atoms with Crippen molar-refractivity contribution >= 4 is 11.8 Å². The maximum atomic E-state index is 11.0. The zero-order valence-corrected chi connectivity index (χ0v) is 10.1. The van der Waals surface area contributed by atoms with E-state index in [1.807, 2.05) is 24.3 Å². The van der Waals surface area contributed by atoms with Crippen molar-refractivity contribution in [2.75, 3.05) is 0 Å². The lowest BCUT2D eigenvalue weighted by molar-refractivity contribution is -0.142. The summed E-state index contributed by atoms with van der Waals surface area (Å²) in [5.74, 6) is -0.318. The molecule has 0 aromatic heterocycles. The molecule has 0 bridgehead atoms. The number of hydrogen-bond donors (Lipinski definition) is 1. The van der Waals surface area contributed by atoms with Crippen LogP contribution in [0.15, 0.2) is 24.3 Å². The first-order valence-corrected chi connectivity index (χ1v) is 5.46. The van der Waals surface area contributed by atoms with Gasteiger partial charge >= 0.3 is 5.97 Å². The van der Waals surface area contributed by atoms with Crippen LogP contribution in [0.2, 0.25) is 0 Å². The summed E-state index contributed by atoms with van der Waals surface area (Å²) < 4.78 is 4.87. The van der Waals surface area contributed by atoms with Gasteiger partial charge in [0.05, 0.1) is 6.04 Å². The Kier molecular flexibility index (Phi) is 4.84. The van der Waals surface area contributed by atoms with Crippen molar-refractivity contribution in [2.45, 2.75) is 32.9 Å². The number of carbonyl (C=O) groups is 2. The average molecular weight is 235 g/mol. The van der Waals surface area contributed by atoms with Crippen molar-refractivity contribution in [3.63, 3.8) is 0 Å². The van der Waals surface area contributed by atoms with E-state index in [1.54, 1.807) is 0 Å². The van der Waals surface area contributed by atoms with Crippen molar-refractivity contribution in [2.24, 2.45) is 5.73 Å². The number of Topliss-reactive ketones (excluding diaryl/α,β-unsaturated/α-hetero) is 1. The molecule has 4 heteroatoms. The van der Waals surface area contributed by atoms with Crippen molar-refractivity contribution in [1.29, 1.82) is 0 Å². The Morgan fingerprint density at radius 3 is 2.18 bits per heavy atom. The van der Waals surface area contributed by atoms with Gasteiger partial charge in [-0.1, -0.05) is 24.3 Å². The molecule has 0 saturated heterocycles. The summed E-state index contributed by atoms with van der Waals surface area (Å²) in [5.41, 5.74) is 7.58. The van der Waals surface area contributed by atoms with Crippen LogP contribution in [0, 0.1) is 0 Å². The summed E-state index contributed by atoms with van der Waals surface area (Å²) >= 11 is 0. The van der Waals surface area contributed by atoms with Crippen LogP contribution in [0.4, 0.5) is 0 Å². The topological polar surface area (TPSA) is 69.4 Å². The minimum atomic E-state index is -0.450. The molecule has 17 heavy (non-hydrogen) atoms. The Hall–Kier alpha value is -1.68. The minimum Gasteiger partial charge on any atom is -0.461 e. The molecule has 1 unspecified atom stereocenters. The second kappa shape index (κ2) is 6.15. The lowest BCUT2D eigenvalue weighted by Crippen LogP contribution is -2.30. The molecule has 0 heterocycles. The molecule has 92 valence electrons.